The van der Waals surface area contributed by atoms with Crippen LogP contribution in [0.4, 0.5) is 5.69 Å². The summed E-state index contributed by atoms with van der Waals surface area (Å²) in [4.78, 5) is 12.8. The Bertz CT molecular complexity index is 1250. The molecule has 0 aliphatic rings. The number of Topliss-reactive ketones (excluding diaryl/α,β-unsaturated/α-hetero) is 1. The van der Waals surface area contributed by atoms with E-state index in [4.69, 9.17) is 35.3 Å². The lowest BCUT2D eigenvalue weighted by Gasteiger charge is -2.19. The van der Waals surface area contributed by atoms with Crippen LogP contribution in [0.25, 0.3) is 0 Å². The van der Waals surface area contributed by atoms with Crippen molar-refractivity contribution in [1.29, 1.82) is 0 Å². The molecule has 2 N–H and O–H groups in total. The fourth-order valence-electron chi connectivity index (χ4n) is 4.26. The summed E-state index contributed by atoms with van der Waals surface area (Å²) in [5.74, 6) is 2.46. The zero-order valence-corrected chi connectivity index (χ0v) is 23.3. The summed E-state index contributed by atoms with van der Waals surface area (Å²) in [5.41, 5.74) is 2.97. The fourth-order valence-corrected chi connectivity index (χ4v) is 4.52. The number of anilines is 1. The summed E-state index contributed by atoms with van der Waals surface area (Å²) in [6.45, 7) is 1.89. The molecule has 0 fully saturated rings. The first-order chi connectivity index (χ1) is 18.2. The molecule has 9 heteroatoms. The van der Waals surface area contributed by atoms with Gasteiger partial charge in [-0.25, -0.2) is 0 Å². The Morgan fingerprint density at radius 2 is 1.39 bits per heavy atom. The van der Waals surface area contributed by atoms with Gasteiger partial charge in [0.1, 0.15) is 5.75 Å². The molecular formula is C29H34ClNO7. The Labute approximate surface area is 228 Å². The van der Waals surface area contributed by atoms with Crippen LogP contribution in [0, 0.1) is 0 Å². The van der Waals surface area contributed by atoms with Gasteiger partial charge in [-0.2, -0.15) is 0 Å². The molecule has 3 aromatic carbocycles. The molecule has 204 valence electrons. The topological polar surface area (TPSA) is 95.5 Å². The maximum atomic E-state index is 12.8. The molecule has 1 atom stereocenters. The SMILES string of the molecule is COc1ccc(C(=O)CC(C)Nc2cc(CCc3cc(OC)c(OC)c(OC)c3)cc(O)c2OC)cc1Cl. The van der Waals surface area contributed by atoms with Crippen LogP contribution in [0.2, 0.25) is 5.02 Å². The van der Waals surface area contributed by atoms with Crippen molar-refractivity contribution in [2.45, 2.75) is 32.2 Å². The number of ketones is 1. The average Bonchev–Trinajstić information content (AvgIpc) is 2.90. The minimum atomic E-state index is -0.248. The summed E-state index contributed by atoms with van der Waals surface area (Å²) < 4.78 is 26.9. The van der Waals surface area contributed by atoms with E-state index < -0.39 is 0 Å². The molecule has 0 aromatic heterocycles. The smallest absolute Gasteiger partial charge is 0.203 e. The van der Waals surface area contributed by atoms with Crippen molar-refractivity contribution in [2.24, 2.45) is 0 Å². The predicted octanol–water partition coefficient (Wildman–Crippen LogP) is 5.95. The summed E-state index contributed by atoms with van der Waals surface area (Å²) >= 11 is 6.18. The van der Waals surface area contributed by atoms with Gasteiger partial charge in [0.25, 0.3) is 0 Å². The van der Waals surface area contributed by atoms with Crippen molar-refractivity contribution in [3.05, 3.63) is 64.2 Å². The number of benzene rings is 3. The first-order valence-corrected chi connectivity index (χ1v) is 12.4. The number of methoxy groups -OCH3 is 5. The first kappa shape index (κ1) is 28.8. The molecule has 3 aromatic rings. The number of carbonyl (C=O) groups excluding carboxylic acids is 1. The molecule has 1 unspecified atom stereocenters. The van der Waals surface area contributed by atoms with E-state index in [2.05, 4.69) is 5.32 Å². The molecule has 0 amide bonds. The first-order valence-electron chi connectivity index (χ1n) is 12.1. The number of carbonyl (C=O) groups is 1. The zero-order valence-electron chi connectivity index (χ0n) is 22.5. The molecule has 0 spiro atoms. The number of rotatable bonds is 13. The molecule has 0 saturated carbocycles. The van der Waals surface area contributed by atoms with E-state index >= 15 is 0 Å². The van der Waals surface area contributed by atoms with Crippen molar-refractivity contribution < 1.29 is 33.6 Å². The fraction of sp³-hybridized carbons (Fsp3) is 0.345. The number of phenols is 1. The van der Waals surface area contributed by atoms with Gasteiger partial charge in [-0.3, -0.25) is 4.79 Å². The minimum absolute atomic E-state index is 0.0119. The average molecular weight is 544 g/mol. The monoisotopic (exact) mass is 543 g/mol. The van der Waals surface area contributed by atoms with E-state index in [0.717, 1.165) is 11.1 Å². The molecule has 0 heterocycles. The van der Waals surface area contributed by atoms with Crippen LogP contribution in [0.15, 0.2) is 42.5 Å². The van der Waals surface area contributed by atoms with Crippen LogP contribution in [0.5, 0.6) is 34.5 Å². The second-order valence-electron chi connectivity index (χ2n) is 8.75. The minimum Gasteiger partial charge on any atom is -0.504 e. The van der Waals surface area contributed by atoms with Crippen molar-refractivity contribution in [2.75, 3.05) is 40.9 Å². The van der Waals surface area contributed by atoms with Crippen molar-refractivity contribution in [1.82, 2.24) is 0 Å². The summed E-state index contributed by atoms with van der Waals surface area (Å²) in [6, 6.07) is 12.1. The van der Waals surface area contributed by atoms with E-state index in [1.165, 1.54) is 14.2 Å². The van der Waals surface area contributed by atoms with Crippen LogP contribution < -0.4 is 29.0 Å². The second-order valence-corrected chi connectivity index (χ2v) is 9.16. The number of ether oxygens (including phenoxy) is 5. The number of hydrogen-bond donors (Lipinski definition) is 2. The maximum Gasteiger partial charge on any atom is 0.203 e. The molecule has 0 aliphatic carbocycles. The Morgan fingerprint density at radius 3 is 1.92 bits per heavy atom. The lowest BCUT2D eigenvalue weighted by atomic mass is 10.0. The van der Waals surface area contributed by atoms with E-state index in [9.17, 15) is 9.90 Å². The zero-order chi connectivity index (χ0) is 27.8. The Morgan fingerprint density at radius 1 is 0.816 bits per heavy atom. The van der Waals surface area contributed by atoms with Gasteiger partial charge >= 0.3 is 0 Å². The highest BCUT2D eigenvalue weighted by Gasteiger charge is 2.18. The third-order valence-electron chi connectivity index (χ3n) is 6.13. The number of nitrogens with one attached hydrogen (secondary N) is 1. The number of halogens is 1. The lowest BCUT2D eigenvalue weighted by molar-refractivity contribution is 0.0978. The van der Waals surface area contributed by atoms with Crippen LogP contribution >= 0.6 is 11.6 Å². The van der Waals surface area contributed by atoms with Gasteiger partial charge in [-0.1, -0.05) is 11.6 Å². The van der Waals surface area contributed by atoms with Crippen molar-refractivity contribution in [3.63, 3.8) is 0 Å². The van der Waals surface area contributed by atoms with Crippen LogP contribution in [-0.2, 0) is 12.8 Å². The highest BCUT2D eigenvalue weighted by Crippen LogP contribution is 2.40. The van der Waals surface area contributed by atoms with Crippen molar-refractivity contribution in [3.8, 4) is 34.5 Å². The molecule has 0 aliphatic heterocycles. The number of phenolic OH excluding ortho intramolecular Hbond substituents is 1. The van der Waals surface area contributed by atoms with Gasteiger partial charge in [0.15, 0.2) is 28.8 Å². The van der Waals surface area contributed by atoms with Gasteiger partial charge in [-0.05, 0) is 73.4 Å². The molecule has 3 rings (SSSR count). The Hall–Kier alpha value is -3.78. The number of aromatic hydroxyl groups is 1. The highest BCUT2D eigenvalue weighted by molar-refractivity contribution is 6.32. The van der Waals surface area contributed by atoms with Crippen molar-refractivity contribution >= 4 is 23.1 Å². The van der Waals surface area contributed by atoms with Gasteiger partial charge in [0, 0.05) is 18.0 Å². The van der Waals surface area contributed by atoms with E-state index in [-0.39, 0.29) is 24.0 Å². The van der Waals surface area contributed by atoms with Gasteiger partial charge in [-0.15, -0.1) is 0 Å². The third kappa shape index (κ3) is 6.75. The highest BCUT2D eigenvalue weighted by atomic mass is 35.5. The Balaban J connectivity index is 1.76. The molecule has 0 bridgehead atoms. The van der Waals surface area contributed by atoms with Crippen LogP contribution in [-0.4, -0.2) is 52.5 Å². The molecule has 0 radical (unpaired) electrons. The van der Waals surface area contributed by atoms with Gasteiger partial charge in [0.2, 0.25) is 5.75 Å². The van der Waals surface area contributed by atoms with E-state index in [1.807, 2.05) is 25.1 Å². The standard InChI is InChI=1S/C29H34ClNO7/c1-17(11-23(32)20-9-10-25(34-2)21(30)16-20)31-22-12-18(13-24(33)28(22)37-5)7-8-19-14-26(35-3)29(38-6)27(15-19)36-4/h9-10,12-17,31,33H,7-8,11H2,1-6H3. The summed E-state index contributed by atoms with van der Waals surface area (Å²) in [7, 11) is 7.74. The van der Waals surface area contributed by atoms with Gasteiger partial charge in [0.05, 0.1) is 46.3 Å². The van der Waals surface area contributed by atoms with Gasteiger partial charge < -0.3 is 34.1 Å². The largest absolute Gasteiger partial charge is 0.504 e. The third-order valence-corrected chi connectivity index (χ3v) is 6.42. The number of aryl methyl sites for hydroxylation is 2. The molecular weight excluding hydrogens is 510 g/mol. The summed E-state index contributed by atoms with van der Waals surface area (Å²) in [6.07, 6.45) is 1.50. The normalized spacial score (nSPS) is 11.4. The number of hydrogen-bond acceptors (Lipinski definition) is 8. The molecule has 0 saturated heterocycles. The maximum absolute atomic E-state index is 12.8. The van der Waals surface area contributed by atoms with E-state index in [0.29, 0.717) is 57.9 Å². The quantitative estimate of drug-likeness (QED) is 0.255. The van der Waals surface area contributed by atoms with E-state index in [1.54, 1.807) is 45.6 Å². The second kappa shape index (κ2) is 13.1. The summed E-state index contributed by atoms with van der Waals surface area (Å²) in [5, 5.41) is 14.3. The molecule has 38 heavy (non-hydrogen) atoms. The van der Waals surface area contributed by atoms with Crippen LogP contribution in [0.1, 0.15) is 34.8 Å². The molecule has 8 nitrogen and oxygen atoms in total. The predicted molar refractivity (Wildman–Crippen MR) is 148 cm³/mol. The van der Waals surface area contributed by atoms with Crippen LogP contribution in [0.3, 0.4) is 0 Å². The lowest BCUT2D eigenvalue weighted by Crippen LogP contribution is -2.20. The Kier molecular flexibility index (Phi) is 9.96.